The van der Waals surface area contributed by atoms with E-state index in [1.54, 1.807) is 6.92 Å². The van der Waals surface area contributed by atoms with E-state index in [0.29, 0.717) is 12.0 Å². The molecule has 2 aliphatic heterocycles. The van der Waals surface area contributed by atoms with E-state index in [1.807, 2.05) is 34.7 Å². The molecule has 4 rings (SSSR count). The van der Waals surface area contributed by atoms with Crippen LogP contribution in [0.25, 0.3) is 10.4 Å². The van der Waals surface area contributed by atoms with Crippen LogP contribution in [-0.4, -0.2) is 43.7 Å². The maximum Gasteiger partial charge on any atom is 0.352 e. The van der Waals surface area contributed by atoms with Gasteiger partial charge in [0.1, 0.15) is 18.1 Å². The zero-order valence-corrected chi connectivity index (χ0v) is 16.0. The van der Waals surface area contributed by atoms with E-state index in [-0.39, 0.29) is 41.6 Å². The number of carboxylic acid groups (broad SMARTS) is 1. The van der Waals surface area contributed by atoms with Crippen LogP contribution in [0.4, 0.5) is 0 Å². The average molecular weight is 461 g/mol. The Balaban J connectivity index is 0.00000169. The Hall–Kier alpha value is -1.46. The highest BCUT2D eigenvalue weighted by Gasteiger charge is 2.57. The lowest BCUT2D eigenvalue weighted by Crippen LogP contribution is -3.00. The smallest absolute Gasteiger partial charge is 0.352 e. The van der Waals surface area contributed by atoms with Gasteiger partial charge in [-0.2, -0.15) is 4.40 Å². The topological polar surface area (TPSA) is 86.9 Å². The van der Waals surface area contributed by atoms with Crippen molar-refractivity contribution in [3.63, 3.8) is 0 Å². The van der Waals surface area contributed by atoms with E-state index in [2.05, 4.69) is 0 Å². The van der Waals surface area contributed by atoms with Gasteiger partial charge in [0.15, 0.2) is 0 Å². The Morgan fingerprint density at radius 1 is 1.50 bits per heavy atom. The van der Waals surface area contributed by atoms with Crippen molar-refractivity contribution in [3.8, 4) is 0 Å². The van der Waals surface area contributed by atoms with Crippen LogP contribution in [0.2, 0.25) is 0 Å². The molecule has 3 atom stereocenters. The fraction of sp³-hybridized carbons (Fsp3) is 0.400. The fourth-order valence-corrected chi connectivity index (χ4v) is 4.72. The van der Waals surface area contributed by atoms with Crippen molar-refractivity contribution in [1.82, 2.24) is 9.47 Å². The summed E-state index contributed by atoms with van der Waals surface area (Å²) in [5.41, 5.74) is 0.737. The maximum absolute atomic E-state index is 12.2. The van der Waals surface area contributed by atoms with Crippen LogP contribution in [0.5, 0.6) is 0 Å². The van der Waals surface area contributed by atoms with Crippen molar-refractivity contribution >= 4 is 33.6 Å². The van der Waals surface area contributed by atoms with Crippen LogP contribution in [0, 0.1) is 5.92 Å². The third kappa shape index (κ3) is 2.29. The number of carbonyl (C=O) groups is 2. The highest BCUT2D eigenvalue weighted by Crippen LogP contribution is 2.47. The van der Waals surface area contributed by atoms with Gasteiger partial charge in [0.25, 0.3) is 0 Å². The van der Waals surface area contributed by atoms with E-state index in [0.717, 1.165) is 9.71 Å². The van der Waals surface area contributed by atoms with Crippen molar-refractivity contribution in [1.29, 1.82) is 0 Å². The average Bonchev–Trinajstić information content (AvgIpc) is 3.06. The van der Waals surface area contributed by atoms with Gasteiger partial charge in [-0.05, 0) is 13.3 Å². The van der Waals surface area contributed by atoms with Gasteiger partial charge in [0.05, 0.1) is 30.0 Å². The first-order valence-electron chi connectivity index (χ1n) is 7.33. The van der Waals surface area contributed by atoms with E-state index in [1.165, 1.54) is 16.2 Å². The van der Waals surface area contributed by atoms with Crippen LogP contribution in [0.3, 0.4) is 0 Å². The lowest BCUT2D eigenvalue weighted by Gasteiger charge is -2.44. The van der Waals surface area contributed by atoms with E-state index >= 15 is 0 Å². The van der Waals surface area contributed by atoms with Crippen molar-refractivity contribution in [2.24, 2.45) is 13.0 Å². The second kappa shape index (κ2) is 5.81. The summed E-state index contributed by atoms with van der Waals surface area (Å²) < 4.78 is 3.87. The number of hydrogen-bond donors (Lipinski definition) is 2. The number of thiazole rings is 1. The molecule has 2 aromatic heterocycles. The second-order valence-electron chi connectivity index (χ2n) is 6.13. The zero-order chi connectivity index (χ0) is 16.5. The molecule has 0 aromatic carbocycles. The van der Waals surface area contributed by atoms with Gasteiger partial charge >= 0.3 is 5.97 Å². The van der Waals surface area contributed by atoms with E-state index < -0.39 is 18.0 Å². The van der Waals surface area contributed by atoms with Gasteiger partial charge in [0.2, 0.25) is 17.1 Å². The molecule has 1 amide bonds. The van der Waals surface area contributed by atoms with Gasteiger partial charge in [-0.3, -0.25) is 4.79 Å². The minimum Gasteiger partial charge on any atom is -1.00 e. The molecule has 0 unspecified atom stereocenters. The van der Waals surface area contributed by atoms with E-state index in [9.17, 15) is 19.8 Å². The van der Waals surface area contributed by atoms with Crippen LogP contribution in [-0.2, 0) is 16.6 Å². The molecule has 0 radical (unpaired) electrons. The molecule has 0 spiro atoms. The first-order chi connectivity index (χ1) is 10.9. The minimum absolute atomic E-state index is 0. The monoisotopic (exact) mass is 461 g/mol. The van der Waals surface area contributed by atoms with Crippen molar-refractivity contribution in [2.75, 3.05) is 0 Å². The molecular formula is C15H16IN3O4S. The summed E-state index contributed by atoms with van der Waals surface area (Å²) in [7, 11) is 1.93. The highest BCUT2D eigenvalue weighted by atomic mass is 127. The summed E-state index contributed by atoms with van der Waals surface area (Å²) in [6.45, 7) is 1.58. The highest BCUT2D eigenvalue weighted by molar-refractivity contribution is 7.17. The number of carbonyl (C=O) groups excluding carboxylic acids is 1. The van der Waals surface area contributed by atoms with Crippen molar-refractivity contribution < 1.29 is 48.2 Å². The molecule has 9 heteroatoms. The summed E-state index contributed by atoms with van der Waals surface area (Å²) >= 11 is 1.50. The first-order valence-corrected chi connectivity index (χ1v) is 8.15. The van der Waals surface area contributed by atoms with E-state index in [4.69, 9.17) is 0 Å². The fourth-order valence-electron chi connectivity index (χ4n) is 3.60. The van der Waals surface area contributed by atoms with Crippen LogP contribution >= 0.6 is 11.3 Å². The summed E-state index contributed by atoms with van der Waals surface area (Å²) in [4.78, 5) is 27.1. The van der Waals surface area contributed by atoms with Crippen LogP contribution in [0.15, 0.2) is 24.4 Å². The molecule has 2 N–H and O–H groups in total. The molecule has 128 valence electrons. The molecule has 2 aliphatic rings. The number of carboxylic acids is 1. The molecule has 7 nitrogen and oxygen atoms in total. The largest absolute Gasteiger partial charge is 1.00 e. The number of aliphatic hydroxyl groups excluding tert-OH is 1. The first kappa shape index (κ1) is 17.4. The van der Waals surface area contributed by atoms with Gasteiger partial charge < -0.3 is 39.1 Å². The number of halogens is 1. The lowest BCUT2D eigenvalue weighted by atomic mass is 9.83. The number of aliphatic hydroxyl groups is 1. The molecule has 1 fully saturated rings. The van der Waals surface area contributed by atoms with Crippen molar-refractivity contribution in [3.05, 3.63) is 29.3 Å². The summed E-state index contributed by atoms with van der Waals surface area (Å²) in [5, 5.41) is 19.3. The van der Waals surface area contributed by atoms with Gasteiger partial charge in [-0.25, -0.2) is 9.36 Å². The number of rotatable bonds is 3. The lowest BCUT2D eigenvalue weighted by molar-refractivity contribution is -0.508. The SMILES string of the molecule is C[C@@H](O)[C@H]1C(=O)N2C(C(=O)O)=C(c3c[n+]4cn(C)cc4s3)C[C@H]12.[I-]. The predicted octanol–water partition coefficient (Wildman–Crippen LogP) is -2.76. The Morgan fingerprint density at radius 3 is 2.79 bits per heavy atom. The third-order valence-corrected chi connectivity index (χ3v) is 5.67. The molecule has 0 aliphatic carbocycles. The van der Waals surface area contributed by atoms with Crippen molar-refractivity contribution in [2.45, 2.75) is 25.5 Å². The molecule has 1 saturated heterocycles. The number of nitrogens with zero attached hydrogens (tertiary/aromatic N) is 3. The number of fused-ring (bicyclic) bond motifs is 2. The number of hydrogen-bond acceptors (Lipinski definition) is 4. The number of amides is 1. The Kier molecular flexibility index (Phi) is 4.21. The molecule has 0 saturated carbocycles. The number of aromatic nitrogens is 2. The summed E-state index contributed by atoms with van der Waals surface area (Å²) in [6.07, 6.45) is 5.47. The molecule has 4 heterocycles. The summed E-state index contributed by atoms with van der Waals surface area (Å²) in [5.74, 6) is -1.90. The number of imidazole rings is 1. The molecule has 24 heavy (non-hydrogen) atoms. The zero-order valence-electron chi connectivity index (χ0n) is 13.0. The third-order valence-electron chi connectivity index (χ3n) is 4.57. The van der Waals surface area contributed by atoms with Gasteiger partial charge in [0, 0.05) is 5.57 Å². The minimum atomic E-state index is -1.09. The number of β-lactam (4-membered cyclic amide) rings is 1. The number of aliphatic carboxylic acids is 1. The molecular weight excluding hydrogens is 445 g/mol. The summed E-state index contributed by atoms with van der Waals surface area (Å²) in [6, 6.07) is -0.249. The van der Waals surface area contributed by atoms with Gasteiger partial charge in [-0.15, -0.1) is 0 Å². The Morgan fingerprint density at radius 2 is 2.21 bits per heavy atom. The van der Waals surface area contributed by atoms with Crippen LogP contribution in [0.1, 0.15) is 18.2 Å². The maximum atomic E-state index is 12.2. The number of aryl methyl sites for hydroxylation is 1. The van der Waals surface area contributed by atoms with Crippen LogP contribution < -0.4 is 28.4 Å². The Bertz CT molecular complexity index is 853. The van der Waals surface area contributed by atoms with Gasteiger partial charge in [-0.1, -0.05) is 11.3 Å². The second-order valence-corrected chi connectivity index (χ2v) is 7.19. The predicted molar refractivity (Wildman–Crippen MR) is 81.4 cm³/mol. The standard InChI is InChI=1S/C15H15N3O4S.HI/c1-7(19)12-9-3-8(13(15(21)22)18(9)14(12)20)10-4-17-6-16(2)5-11(17)23-10;/h4-7,9,12,19H,3H2,1-2H3;1H/t7-,9-,12-;/m1./s1. The Labute approximate surface area is 158 Å². The molecule has 2 aromatic rings. The quantitative estimate of drug-likeness (QED) is 0.295. The normalized spacial score (nSPS) is 24.0. The molecule has 0 bridgehead atoms.